The van der Waals surface area contributed by atoms with Crippen molar-refractivity contribution in [3.05, 3.63) is 97.7 Å². The Labute approximate surface area is 203 Å². The summed E-state index contributed by atoms with van der Waals surface area (Å²) in [5, 5.41) is 13.8. The summed E-state index contributed by atoms with van der Waals surface area (Å²) >= 11 is 1.23. The van der Waals surface area contributed by atoms with Gasteiger partial charge in [-0.1, -0.05) is 31.2 Å². The van der Waals surface area contributed by atoms with Gasteiger partial charge in [0.15, 0.2) is 0 Å². The van der Waals surface area contributed by atoms with Gasteiger partial charge in [-0.25, -0.2) is 14.2 Å². The molecule has 0 fully saturated rings. The van der Waals surface area contributed by atoms with Crippen molar-refractivity contribution in [2.45, 2.75) is 33.1 Å². The number of hydrogen-bond acceptors (Lipinski definition) is 6. The second kappa shape index (κ2) is 10.6. The van der Waals surface area contributed by atoms with E-state index in [1.54, 1.807) is 29.6 Å². The van der Waals surface area contributed by atoms with Gasteiger partial charge < -0.3 is 20.1 Å². The van der Waals surface area contributed by atoms with E-state index >= 15 is 0 Å². The van der Waals surface area contributed by atoms with E-state index < -0.39 is 17.4 Å². The maximum Gasteiger partial charge on any atom is 0.335 e. The minimum absolute atomic E-state index is 0.104. The molecule has 0 radical (unpaired) electrons. The van der Waals surface area contributed by atoms with Gasteiger partial charge >= 0.3 is 5.97 Å². The minimum atomic E-state index is -0.997. The summed E-state index contributed by atoms with van der Waals surface area (Å²) in [6, 6.07) is 11.0. The van der Waals surface area contributed by atoms with Crippen LogP contribution in [-0.2, 0) is 30.9 Å². The first-order valence-corrected chi connectivity index (χ1v) is 11.7. The van der Waals surface area contributed by atoms with Crippen LogP contribution in [-0.4, -0.2) is 27.0 Å². The molecule has 8 nitrogen and oxygen atoms in total. The van der Waals surface area contributed by atoms with Crippen LogP contribution in [0.3, 0.4) is 0 Å². The van der Waals surface area contributed by atoms with Crippen LogP contribution in [0.5, 0.6) is 0 Å². The lowest BCUT2D eigenvalue weighted by atomic mass is 10.1. The molecule has 0 saturated heterocycles. The predicted octanol–water partition coefficient (Wildman–Crippen LogP) is 4.03. The highest BCUT2D eigenvalue weighted by Gasteiger charge is 2.16. The smallest absolute Gasteiger partial charge is 0.335 e. The van der Waals surface area contributed by atoms with Crippen molar-refractivity contribution in [3.63, 3.8) is 0 Å². The molecule has 4 aromatic rings. The highest BCUT2D eigenvalue weighted by atomic mass is 32.1. The van der Waals surface area contributed by atoms with Crippen LogP contribution < -0.4 is 10.9 Å². The van der Waals surface area contributed by atoms with Crippen molar-refractivity contribution >= 4 is 33.4 Å². The second-order valence-corrected chi connectivity index (χ2v) is 8.67. The van der Waals surface area contributed by atoms with Crippen molar-refractivity contribution in [1.82, 2.24) is 15.3 Å². The molecule has 0 aliphatic carbocycles. The topological polar surface area (TPSA) is 121 Å². The Morgan fingerprint density at radius 2 is 1.86 bits per heavy atom. The SMILES string of the molecule is CCc1cc(CNC(=O)c2nc3scc(COCc4ccc(C(=O)O)cc4)c3c(=O)[nH]2)ccc1F. The molecule has 1 amide bonds. The summed E-state index contributed by atoms with van der Waals surface area (Å²) in [7, 11) is 0. The maximum atomic E-state index is 13.7. The van der Waals surface area contributed by atoms with Gasteiger partial charge in [-0.15, -0.1) is 11.3 Å². The summed E-state index contributed by atoms with van der Waals surface area (Å²) in [6.45, 7) is 2.42. The van der Waals surface area contributed by atoms with Gasteiger partial charge in [0.1, 0.15) is 10.6 Å². The van der Waals surface area contributed by atoms with Gasteiger partial charge in [-0.3, -0.25) is 9.59 Å². The van der Waals surface area contributed by atoms with Gasteiger partial charge in [-0.2, -0.15) is 0 Å². The summed E-state index contributed by atoms with van der Waals surface area (Å²) in [5.41, 5.74) is 2.50. The molecule has 0 aliphatic rings. The number of carbonyl (C=O) groups excluding carboxylic acids is 1. The van der Waals surface area contributed by atoms with E-state index in [4.69, 9.17) is 9.84 Å². The fraction of sp³-hybridized carbons (Fsp3) is 0.200. The number of carbonyl (C=O) groups is 2. The number of rotatable bonds is 9. The van der Waals surface area contributed by atoms with Crippen LogP contribution in [0, 0.1) is 5.82 Å². The Balaban J connectivity index is 1.41. The summed E-state index contributed by atoms with van der Waals surface area (Å²) < 4.78 is 19.4. The molecule has 4 rings (SSSR count). The molecular weight excluding hydrogens is 473 g/mol. The number of carboxylic acids is 1. The van der Waals surface area contributed by atoms with Crippen LogP contribution in [0.1, 0.15) is 50.2 Å². The Bertz CT molecular complexity index is 1450. The number of aryl methyl sites for hydroxylation is 1. The number of fused-ring (bicyclic) bond motifs is 1. The Kier molecular flexibility index (Phi) is 7.33. The number of aromatic carboxylic acids is 1. The molecule has 0 spiro atoms. The molecule has 35 heavy (non-hydrogen) atoms. The third kappa shape index (κ3) is 5.61. The first kappa shape index (κ1) is 24.2. The number of H-pyrrole nitrogens is 1. The van der Waals surface area contributed by atoms with E-state index in [0.29, 0.717) is 27.8 Å². The number of halogens is 1. The third-order valence-electron chi connectivity index (χ3n) is 5.41. The number of aromatic nitrogens is 2. The highest BCUT2D eigenvalue weighted by Crippen LogP contribution is 2.22. The molecule has 2 heterocycles. The molecule has 2 aromatic carbocycles. The van der Waals surface area contributed by atoms with Crippen molar-refractivity contribution in [1.29, 1.82) is 0 Å². The van der Waals surface area contributed by atoms with Crippen LogP contribution >= 0.6 is 11.3 Å². The zero-order valence-corrected chi connectivity index (χ0v) is 19.6. The predicted molar refractivity (Wildman–Crippen MR) is 129 cm³/mol. The van der Waals surface area contributed by atoms with Crippen LogP contribution in [0.15, 0.2) is 52.6 Å². The van der Waals surface area contributed by atoms with Gasteiger partial charge in [0, 0.05) is 12.1 Å². The number of benzene rings is 2. The maximum absolute atomic E-state index is 13.7. The van der Waals surface area contributed by atoms with Crippen molar-refractivity contribution in [3.8, 4) is 0 Å². The van der Waals surface area contributed by atoms with Gasteiger partial charge in [0.25, 0.3) is 11.5 Å². The molecule has 2 aromatic heterocycles. The molecular formula is C25H22FN3O5S. The normalized spacial score (nSPS) is 11.0. The Morgan fingerprint density at radius 1 is 1.11 bits per heavy atom. The molecule has 0 bridgehead atoms. The average Bonchev–Trinajstić information content (AvgIpc) is 3.27. The number of amides is 1. The zero-order chi connectivity index (χ0) is 24.9. The minimum Gasteiger partial charge on any atom is -0.478 e. The lowest BCUT2D eigenvalue weighted by molar-refractivity contribution is 0.0696. The number of hydrogen-bond donors (Lipinski definition) is 3. The Morgan fingerprint density at radius 3 is 2.57 bits per heavy atom. The number of aromatic amines is 1. The fourth-order valence-corrected chi connectivity index (χ4v) is 4.44. The number of nitrogens with one attached hydrogen (secondary N) is 2. The monoisotopic (exact) mass is 495 g/mol. The van der Waals surface area contributed by atoms with Gasteiger partial charge in [0.05, 0.1) is 24.2 Å². The largest absolute Gasteiger partial charge is 0.478 e. The molecule has 0 atom stereocenters. The fourth-order valence-electron chi connectivity index (χ4n) is 3.52. The third-order valence-corrected chi connectivity index (χ3v) is 6.33. The summed E-state index contributed by atoms with van der Waals surface area (Å²) in [4.78, 5) is 43.4. The first-order chi connectivity index (χ1) is 16.9. The quantitative estimate of drug-likeness (QED) is 0.322. The zero-order valence-electron chi connectivity index (χ0n) is 18.8. The molecule has 0 unspecified atom stereocenters. The second-order valence-electron chi connectivity index (χ2n) is 7.81. The number of carboxylic acid groups (broad SMARTS) is 1. The van der Waals surface area contributed by atoms with Crippen molar-refractivity contribution in [2.75, 3.05) is 0 Å². The van der Waals surface area contributed by atoms with E-state index in [1.807, 2.05) is 6.92 Å². The van der Waals surface area contributed by atoms with Crippen LogP contribution in [0.2, 0.25) is 0 Å². The number of thiophene rings is 1. The molecule has 0 aliphatic heterocycles. The van der Waals surface area contributed by atoms with E-state index in [0.717, 1.165) is 11.1 Å². The van der Waals surface area contributed by atoms with E-state index in [9.17, 15) is 18.8 Å². The van der Waals surface area contributed by atoms with Crippen LogP contribution in [0.25, 0.3) is 10.2 Å². The van der Waals surface area contributed by atoms with E-state index in [1.165, 1.54) is 29.5 Å². The van der Waals surface area contributed by atoms with Gasteiger partial charge in [0.2, 0.25) is 5.82 Å². The first-order valence-electron chi connectivity index (χ1n) is 10.8. The summed E-state index contributed by atoms with van der Waals surface area (Å²) in [5.74, 6) is -1.92. The van der Waals surface area contributed by atoms with Crippen molar-refractivity contribution < 1.29 is 23.8 Å². The van der Waals surface area contributed by atoms with E-state index in [2.05, 4.69) is 15.3 Å². The molecule has 10 heteroatoms. The number of ether oxygens (including phenoxy) is 1. The van der Waals surface area contributed by atoms with Gasteiger partial charge in [-0.05, 0) is 46.7 Å². The number of nitrogens with zero attached hydrogens (tertiary/aromatic N) is 1. The standard InChI is InChI=1S/C25H22FN3O5S/c1-2-16-9-15(5-8-19(16)26)10-27-23(31)21-28-22(30)20-18(13-35-24(20)29-21)12-34-11-14-3-6-17(7-4-14)25(32)33/h3-9,13H,2,10-12H2,1H3,(H,27,31)(H,32,33)(H,28,29,30). The molecule has 3 N–H and O–H groups in total. The lowest BCUT2D eigenvalue weighted by Gasteiger charge is -2.07. The summed E-state index contributed by atoms with van der Waals surface area (Å²) in [6.07, 6.45) is 0.542. The lowest BCUT2D eigenvalue weighted by Crippen LogP contribution is -2.27. The van der Waals surface area contributed by atoms with E-state index in [-0.39, 0.29) is 37.0 Å². The average molecular weight is 496 g/mol. The highest BCUT2D eigenvalue weighted by molar-refractivity contribution is 7.16. The van der Waals surface area contributed by atoms with Crippen LogP contribution in [0.4, 0.5) is 4.39 Å². The molecule has 180 valence electrons. The Hall–Kier alpha value is -3.89. The molecule has 0 saturated carbocycles. The van der Waals surface area contributed by atoms with Crippen molar-refractivity contribution in [2.24, 2.45) is 0 Å².